The molecule has 2 N–H and O–H groups in total. The molecule has 0 aliphatic heterocycles. The van der Waals surface area contributed by atoms with Crippen molar-refractivity contribution in [2.24, 2.45) is 0 Å². The predicted molar refractivity (Wildman–Crippen MR) is 126 cm³/mol. The van der Waals surface area contributed by atoms with E-state index in [9.17, 15) is 22.8 Å². The molecule has 6 nitrogen and oxygen atoms in total. The van der Waals surface area contributed by atoms with Gasteiger partial charge in [0.1, 0.15) is 11.1 Å². The highest BCUT2D eigenvalue weighted by atomic mass is 19.2. The van der Waals surface area contributed by atoms with E-state index in [2.05, 4.69) is 20.6 Å². The first-order valence-electron chi connectivity index (χ1n) is 10.5. The number of nitrogens with zero attached hydrogens (tertiary/aromatic N) is 2. The van der Waals surface area contributed by atoms with Crippen molar-refractivity contribution in [2.45, 2.75) is 0 Å². The second-order valence-corrected chi connectivity index (χ2v) is 7.68. The number of nitrogens with one attached hydrogen (secondary N) is 2. The predicted octanol–water partition coefficient (Wildman–Crippen LogP) is 5.84. The van der Waals surface area contributed by atoms with Gasteiger partial charge in [-0.25, -0.2) is 17.6 Å². The highest BCUT2D eigenvalue weighted by Crippen LogP contribution is 2.28. The van der Waals surface area contributed by atoms with Crippen molar-refractivity contribution in [2.75, 3.05) is 10.6 Å². The van der Waals surface area contributed by atoms with Crippen molar-refractivity contribution in [1.82, 2.24) is 9.97 Å². The Balaban J connectivity index is 1.55. The van der Waals surface area contributed by atoms with Crippen LogP contribution in [0, 0.1) is 23.3 Å². The number of halogens is 4. The van der Waals surface area contributed by atoms with Gasteiger partial charge in [-0.3, -0.25) is 19.6 Å². The molecule has 0 saturated carbocycles. The second-order valence-electron chi connectivity index (χ2n) is 7.68. The maximum atomic E-state index is 15.3. The lowest BCUT2D eigenvalue weighted by atomic mass is 10.0. The number of hydrogen-bond acceptors (Lipinski definition) is 4. The fraction of sp³-hybridized carbons (Fsp3) is 0. The van der Waals surface area contributed by atoms with Crippen LogP contribution in [0.3, 0.4) is 0 Å². The van der Waals surface area contributed by atoms with Crippen LogP contribution in [0.2, 0.25) is 0 Å². The van der Waals surface area contributed by atoms with Gasteiger partial charge >= 0.3 is 0 Å². The number of para-hydroxylation sites is 2. The molecule has 0 saturated heterocycles. The number of hydrogen-bond donors (Lipinski definition) is 2. The van der Waals surface area contributed by atoms with Gasteiger partial charge < -0.3 is 10.6 Å². The van der Waals surface area contributed by atoms with Gasteiger partial charge in [0.05, 0.1) is 22.4 Å². The molecule has 0 radical (unpaired) electrons. The van der Waals surface area contributed by atoms with Crippen LogP contribution in [-0.2, 0) is 0 Å². The standard InChI is InChI=1S/C26H14F4N4O2/c27-19-17(25(35)33-15-9-1-5-13-7-3-11-31-23(13)15)20(28)22(30)21(29)18(19)26(36)34-16-10-2-6-14-8-4-12-32-24(14)16/h1-12H,(H,33,35)(H,34,36). The molecule has 10 heteroatoms. The Labute approximate surface area is 200 Å². The summed E-state index contributed by atoms with van der Waals surface area (Å²) in [5.41, 5.74) is -2.15. The first-order chi connectivity index (χ1) is 17.4. The maximum Gasteiger partial charge on any atom is 0.261 e. The van der Waals surface area contributed by atoms with Crippen LogP contribution < -0.4 is 10.6 Å². The molecule has 0 aliphatic carbocycles. The van der Waals surface area contributed by atoms with E-state index in [0.29, 0.717) is 21.8 Å². The molecule has 2 amide bonds. The summed E-state index contributed by atoms with van der Waals surface area (Å²) in [6.45, 7) is 0. The minimum absolute atomic E-state index is 0.0782. The summed E-state index contributed by atoms with van der Waals surface area (Å²) < 4.78 is 58.9. The summed E-state index contributed by atoms with van der Waals surface area (Å²) in [4.78, 5) is 33.9. The van der Waals surface area contributed by atoms with Crippen molar-refractivity contribution in [3.8, 4) is 0 Å². The molecule has 0 bridgehead atoms. The Hall–Kier alpha value is -4.86. The fourth-order valence-electron chi connectivity index (χ4n) is 3.81. The second kappa shape index (κ2) is 9.06. The first kappa shape index (κ1) is 22.9. The molecule has 0 atom stereocenters. The van der Waals surface area contributed by atoms with Crippen LogP contribution in [0.4, 0.5) is 28.9 Å². The number of carbonyl (C=O) groups excluding carboxylic acids is 2. The van der Waals surface area contributed by atoms with Gasteiger partial charge in [0.2, 0.25) is 0 Å². The molecule has 0 aliphatic rings. The molecule has 0 unspecified atom stereocenters. The van der Waals surface area contributed by atoms with Crippen LogP contribution in [0.15, 0.2) is 73.1 Å². The Morgan fingerprint density at radius 2 is 0.972 bits per heavy atom. The molecule has 5 rings (SSSR count). The zero-order valence-electron chi connectivity index (χ0n) is 18.2. The summed E-state index contributed by atoms with van der Waals surface area (Å²) in [5.74, 6) is -11.0. The number of benzene rings is 3. The Morgan fingerprint density at radius 3 is 1.42 bits per heavy atom. The molecular formula is C26H14F4N4O2. The topological polar surface area (TPSA) is 84.0 Å². The zero-order valence-corrected chi connectivity index (χ0v) is 18.2. The van der Waals surface area contributed by atoms with E-state index < -0.39 is 46.2 Å². The fourth-order valence-corrected chi connectivity index (χ4v) is 3.81. The summed E-state index contributed by atoms with van der Waals surface area (Å²) in [7, 11) is 0. The number of anilines is 2. The Morgan fingerprint density at radius 1 is 0.556 bits per heavy atom. The lowest BCUT2D eigenvalue weighted by molar-refractivity contribution is 0.101. The normalized spacial score (nSPS) is 11.0. The summed E-state index contributed by atoms with van der Waals surface area (Å²) in [6, 6.07) is 16.1. The van der Waals surface area contributed by atoms with Crippen molar-refractivity contribution < 1.29 is 27.2 Å². The van der Waals surface area contributed by atoms with E-state index in [1.54, 1.807) is 48.5 Å². The van der Waals surface area contributed by atoms with Gasteiger partial charge in [0.15, 0.2) is 23.3 Å². The zero-order chi connectivity index (χ0) is 25.4. The molecule has 5 aromatic rings. The molecule has 3 aromatic carbocycles. The number of fused-ring (bicyclic) bond motifs is 2. The smallest absolute Gasteiger partial charge is 0.261 e. The average molecular weight is 490 g/mol. The molecule has 0 spiro atoms. The van der Waals surface area contributed by atoms with E-state index in [-0.39, 0.29) is 11.4 Å². The van der Waals surface area contributed by atoms with Crippen LogP contribution in [0.5, 0.6) is 0 Å². The van der Waals surface area contributed by atoms with Gasteiger partial charge in [-0.2, -0.15) is 0 Å². The van der Waals surface area contributed by atoms with Crippen molar-refractivity contribution in [1.29, 1.82) is 0 Å². The number of aromatic nitrogens is 2. The van der Waals surface area contributed by atoms with Gasteiger partial charge in [0.25, 0.3) is 11.8 Å². The summed E-state index contributed by atoms with van der Waals surface area (Å²) in [5, 5.41) is 5.75. The summed E-state index contributed by atoms with van der Waals surface area (Å²) >= 11 is 0. The largest absolute Gasteiger partial charge is 0.320 e. The SMILES string of the molecule is O=C(Nc1cccc2cccnc12)c1c(F)c(F)c(F)c(C(=O)Nc2cccc3cccnc23)c1F. The van der Waals surface area contributed by atoms with Gasteiger partial charge in [-0.1, -0.05) is 36.4 Å². The van der Waals surface area contributed by atoms with E-state index in [1.807, 2.05) is 0 Å². The number of rotatable bonds is 4. The first-order valence-corrected chi connectivity index (χ1v) is 10.5. The third-order valence-corrected chi connectivity index (χ3v) is 5.48. The quantitative estimate of drug-likeness (QED) is 0.188. The van der Waals surface area contributed by atoms with E-state index >= 15 is 4.39 Å². The number of carbonyl (C=O) groups is 2. The lowest BCUT2D eigenvalue weighted by Gasteiger charge is -2.14. The van der Waals surface area contributed by atoms with Crippen LogP contribution in [0.1, 0.15) is 20.7 Å². The van der Waals surface area contributed by atoms with Gasteiger partial charge in [-0.05, 0) is 24.3 Å². The number of pyridine rings is 2. The third-order valence-electron chi connectivity index (χ3n) is 5.48. The molecule has 178 valence electrons. The van der Waals surface area contributed by atoms with Crippen LogP contribution >= 0.6 is 0 Å². The van der Waals surface area contributed by atoms with E-state index in [4.69, 9.17) is 0 Å². The van der Waals surface area contributed by atoms with Crippen molar-refractivity contribution in [3.63, 3.8) is 0 Å². The minimum atomic E-state index is -2.17. The van der Waals surface area contributed by atoms with Gasteiger partial charge in [0, 0.05) is 23.2 Å². The molecular weight excluding hydrogens is 476 g/mol. The lowest BCUT2D eigenvalue weighted by Crippen LogP contribution is -2.24. The summed E-state index contributed by atoms with van der Waals surface area (Å²) in [6.07, 6.45) is 2.89. The molecule has 2 heterocycles. The highest BCUT2D eigenvalue weighted by molar-refractivity contribution is 6.12. The average Bonchev–Trinajstić information content (AvgIpc) is 2.88. The highest BCUT2D eigenvalue weighted by Gasteiger charge is 2.33. The Kier molecular flexibility index (Phi) is 5.77. The van der Waals surface area contributed by atoms with Crippen LogP contribution in [-0.4, -0.2) is 21.8 Å². The van der Waals surface area contributed by atoms with Crippen molar-refractivity contribution >= 4 is 45.0 Å². The van der Waals surface area contributed by atoms with E-state index in [0.717, 1.165) is 0 Å². The van der Waals surface area contributed by atoms with Crippen molar-refractivity contribution in [3.05, 3.63) is 107 Å². The maximum absolute atomic E-state index is 15.3. The van der Waals surface area contributed by atoms with Crippen LogP contribution in [0.25, 0.3) is 21.8 Å². The third kappa shape index (κ3) is 3.88. The molecule has 2 aromatic heterocycles. The molecule has 36 heavy (non-hydrogen) atoms. The van der Waals surface area contributed by atoms with Gasteiger partial charge in [-0.15, -0.1) is 0 Å². The Bertz CT molecular complexity index is 1560. The molecule has 0 fully saturated rings. The minimum Gasteiger partial charge on any atom is -0.320 e. The number of amides is 2. The monoisotopic (exact) mass is 490 g/mol. The van der Waals surface area contributed by atoms with E-state index in [1.165, 1.54) is 24.5 Å².